The van der Waals surface area contributed by atoms with Gasteiger partial charge in [0.25, 0.3) is 0 Å². The van der Waals surface area contributed by atoms with Gasteiger partial charge in [0.2, 0.25) is 0 Å². The SMILES string of the molecule is CCCCOC(=O)CCCCC(=O)O[C@H](C)C(=O)OCCCC. The average molecular weight is 330 g/mol. The van der Waals surface area contributed by atoms with E-state index in [1.54, 1.807) is 0 Å². The van der Waals surface area contributed by atoms with E-state index >= 15 is 0 Å². The minimum atomic E-state index is -0.890. The summed E-state index contributed by atoms with van der Waals surface area (Å²) in [6.07, 6.45) is 4.25. The lowest BCUT2D eigenvalue weighted by molar-refractivity contribution is -0.166. The summed E-state index contributed by atoms with van der Waals surface area (Å²) in [5, 5.41) is 0. The molecule has 134 valence electrons. The van der Waals surface area contributed by atoms with Crippen molar-refractivity contribution in [3.05, 3.63) is 0 Å². The van der Waals surface area contributed by atoms with Gasteiger partial charge in [0.15, 0.2) is 6.10 Å². The van der Waals surface area contributed by atoms with Crippen molar-refractivity contribution < 1.29 is 28.6 Å². The highest BCUT2D eigenvalue weighted by Crippen LogP contribution is 2.06. The summed E-state index contributed by atoms with van der Waals surface area (Å²) in [5.41, 5.74) is 0. The van der Waals surface area contributed by atoms with Crippen LogP contribution < -0.4 is 0 Å². The molecular formula is C17H30O6. The first-order valence-electron chi connectivity index (χ1n) is 8.53. The van der Waals surface area contributed by atoms with Gasteiger partial charge in [-0.15, -0.1) is 0 Å². The fourth-order valence-electron chi connectivity index (χ4n) is 1.68. The topological polar surface area (TPSA) is 78.9 Å². The molecule has 0 N–H and O–H groups in total. The van der Waals surface area contributed by atoms with Crippen molar-refractivity contribution in [1.82, 2.24) is 0 Å². The molecule has 0 saturated heterocycles. The van der Waals surface area contributed by atoms with Crippen molar-refractivity contribution >= 4 is 17.9 Å². The lowest BCUT2D eigenvalue weighted by Gasteiger charge is -2.12. The third-order valence-corrected chi connectivity index (χ3v) is 3.16. The Bertz CT molecular complexity index is 353. The van der Waals surface area contributed by atoms with E-state index in [0.717, 1.165) is 25.7 Å². The van der Waals surface area contributed by atoms with Crippen LogP contribution in [0.15, 0.2) is 0 Å². The smallest absolute Gasteiger partial charge is 0.347 e. The summed E-state index contributed by atoms with van der Waals surface area (Å²) in [6.45, 7) is 6.32. The lowest BCUT2D eigenvalue weighted by Crippen LogP contribution is -2.26. The molecule has 0 aliphatic carbocycles. The largest absolute Gasteiger partial charge is 0.466 e. The highest BCUT2D eigenvalue weighted by atomic mass is 16.6. The molecule has 0 amide bonds. The van der Waals surface area contributed by atoms with Gasteiger partial charge in [-0.3, -0.25) is 9.59 Å². The van der Waals surface area contributed by atoms with Crippen LogP contribution >= 0.6 is 0 Å². The second-order valence-electron chi connectivity index (χ2n) is 5.43. The molecule has 23 heavy (non-hydrogen) atoms. The predicted octanol–water partition coefficient (Wildman–Crippen LogP) is 3.17. The van der Waals surface area contributed by atoms with Crippen LogP contribution in [0.25, 0.3) is 0 Å². The van der Waals surface area contributed by atoms with E-state index < -0.39 is 18.0 Å². The number of unbranched alkanes of at least 4 members (excludes halogenated alkanes) is 3. The van der Waals surface area contributed by atoms with Gasteiger partial charge in [0.1, 0.15) is 0 Å². The van der Waals surface area contributed by atoms with Gasteiger partial charge in [-0.1, -0.05) is 26.7 Å². The Balaban J connectivity index is 3.69. The molecule has 1 atom stereocenters. The molecule has 6 nitrogen and oxygen atoms in total. The maximum absolute atomic E-state index is 11.6. The van der Waals surface area contributed by atoms with Crippen molar-refractivity contribution in [2.75, 3.05) is 13.2 Å². The lowest BCUT2D eigenvalue weighted by atomic mass is 10.2. The summed E-state index contributed by atoms with van der Waals surface area (Å²) >= 11 is 0. The number of hydrogen-bond donors (Lipinski definition) is 0. The molecule has 0 aromatic carbocycles. The van der Waals surface area contributed by atoms with Crippen LogP contribution in [0.4, 0.5) is 0 Å². The van der Waals surface area contributed by atoms with Crippen molar-refractivity contribution in [2.45, 2.75) is 78.2 Å². The predicted molar refractivity (Wildman–Crippen MR) is 85.8 cm³/mol. The summed E-state index contributed by atoms with van der Waals surface area (Å²) < 4.78 is 15.0. The second kappa shape index (κ2) is 14.0. The quantitative estimate of drug-likeness (QED) is 0.293. The maximum Gasteiger partial charge on any atom is 0.347 e. The van der Waals surface area contributed by atoms with Gasteiger partial charge in [-0.05, 0) is 32.6 Å². The van der Waals surface area contributed by atoms with Gasteiger partial charge in [-0.2, -0.15) is 0 Å². The number of esters is 3. The third kappa shape index (κ3) is 12.6. The number of hydrogen-bond acceptors (Lipinski definition) is 6. The van der Waals surface area contributed by atoms with Gasteiger partial charge >= 0.3 is 17.9 Å². The van der Waals surface area contributed by atoms with Crippen molar-refractivity contribution in [3.8, 4) is 0 Å². The second-order valence-corrected chi connectivity index (χ2v) is 5.43. The standard InChI is InChI=1S/C17H30O6/c1-4-6-12-21-15(18)10-8-9-11-16(19)23-14(3)17(20)22-13-7-5-2/h14H,4-13H2,1-3H3/t14-/m1/s1. The summed E-state index contributed by atoms with van der Waals surface area (Å²) in [5.74, 6) is -1.21. The van der Waals surface area contributed by atoms with Crippen LogP contribution in [-0.4, -0.2) is 37.2 Å². The Labute approximate surface area is 138 Å². The molecule has 0 radical (unpaired) electrons. The number of carbonyl (C=O) groups excluding carboxylic acids is 3. The Morgan fingerprint density at radius 1 is 0.783 bits per heavy atom. The number of rotatable bonds is 13. The molecule has 0 saturated carbocycles. The molecule has 0 aromatic heterocycles. The molecule has 0 spiro atoms. The molecule has 0 aromatic rings. The van der Waals surface area contributed by atoms with E-state index in [2.05, 4.69) is 0 Å². The van der Waals surface area contributed by atoms with Crippen LogP contribution in [-0.2, 0) is 28.6 Å². The van der Waals surface area contributed by atoms with E-state index in [-0.39, 0.29) is 12.4 Å². The molecule has 0 aliphatic heterocycles. The minimum absolute atomic E-state index is 0.175. The molecule has 6 heteroatoms. The fraction of sp³-hybridized carbons (Fsp3) is 0.824. The summed E-state index contributed by atoms with van der Waals surface area (Å²) in [7, 11) is 0. The first-order valence-corrected chi connectivity index (χ1v) is 8.53. The maximum atomic E-state index is 11.6. The number of ether oxygens (including phenoxy) is 3. The first kappa shape index (κ1) is 21.4. The molecular weight excluding hydrogens is 300 g/mol. The summed E-state index contributed by atoms with van der Waals surface area (Å²) in [6, 6.07) is 0. The molecule has 0 heterocycles. The Morgan fingerprint density at radius 2 is 1.30 bits per heavy atom. The fourth-order valence-corrected chi connectivity index (χ4v) is 1.68. The summed E-state index contributed by atoms with van der Waals surface area (Å²) in [4.78, 5) is 34.5. The van der Waals surface area contributed by atoms with Crippen molar-refractivity contribution in [2.24, 2.45) is 0 Å². The van der Waals surface area contributed by atoms with Gasteiger partial charge in [0.05, 0.1) is 13.2 Å². The zero-order valence-electron chi connectivity index (χ0n) is 14.6. The Morgan fingerprint density at radius 3 is 1.87 bits per heavy atom. The van der Waals surface area contributed by atoms with Gasteiger partial charge in [0, 0.05) is 12.8 Å². The van der Waals surface area contributed by atoms with Crippen molar-refractivity contribution in [1.29, 1.82) is 0 Å². The zero-order valence-corrected chi connectivity index (χ0v) is 14.6. The van der Waals surface area contributed by atoms with E-state index in [1.165, 1.54) is 6.92 Å². The monoisotopic (exact) mass is 330 g/mol. The van der Waals surface area contributed by atoms with E-state index in [0.29, 0.717) is 32.5 Å². The highest BCUT2D eigenvalue weighted by molar-refractivity contribution is 5.79. The van der Waals surface area contributed by atoms with E-state index in [9.17, 15) is 14.4 Å². The Kier molecular flexibility index (Phi) is 13.1. The molecule has 0 bridgehead atoms. The molecule has 0 fully saturated rings. The number of carbonyl (C=O) groups is 3. The van der Waals surface area contributed by atoms with Crippen LogP contribution in [0.2, 0.25) is 0 Å². The molecule has 0 aliphatic rings. The van der Waals surface area contributed by atoms with Gasteiger partial charge < -0.3 is 14.2 Å². The Hall–Kier alpha value is -1.59. The van der Waals surface area contributed by atoms with Crippen LogP contribution in [0.5, 0.6) is 0 Å². The molecule has 0 unspecified atom stereocenters. The van der Waals surface area contributed by atoms with Crippen LogP contribution in [0, 0.1) is 0 Å². The van der Waals surface area contributed by atoms with Crippen LogP contribution in [0.3, 0.4) is 0 Å². The molecule has 0 rings (SSSR count). The normalized spacial score (nSPS) is 11.6. The minimum Gasteiger partial charge on any atom is -0.466 e. The van der Waals surface area contributed by atoms with Crippen LogP contribution in [0.1, 0.15) is 72.1 Å². The van der Waals surface area contributed by atoms with Crippen molar-refractivity contribution in [3.63, 3.8) is 0 Å². The average Bonchev–Trinajstić information content (AvgIpc) is 2.52. The van der Waals surface area contributed by atoms with E-state index in [4.69, 9.17) is 14.2 Å². The van der Waals surface area contributed by atoms with E-state index in [1.807, 2.05) is 13.8 Å². The first-order chi connectivity index (χ1) is 11.0. The highest BCUT2D eigenvalue weighted by Gasteiger charge is 2.18. The third-order valence-electron chi connectivity index (χ3n) is 3.16. The zero-order chi connectivity index (χ0) is 17.5. The van der Waals surface area contributed by atoms with Gasteiger partial charge in [-0.25, -0.2) is 4.79 Å².